The third kappa shape index (κ3) is 3.88. The Hall–Kier alpha value is -2.41. The highest BCUT2D eigenvalue weighted by atomic mass is 35.5. The zero-order valence-corrected chi connectivity index (χ0v) is 17.4. The van der Waals surface area contributed by atoms with Crippen LogP contribution in [0.5, 0.6) is 0 Å². The molecule has 0 bridgehead atoms. The lowest BCUT2D eigenvalue weighted by molar-refractivity contribution is -0.134. The summed E-state index contributed by atoms with van der Waals surface area (Å²) in [6.07, 6.45) is 0. The van der Waals surface area contributed by atoms with Gasteiger partial charge in [0.2, 0.25) is 5.91 Å². The summed E-state index contributed by atoms with van der Waals surface area (Å²) in [6, 6.07) is 12.3. The van der Waals surface area contributed by atoms with Gasteiger partial charge in [-0.25, -0.2) is 0 Å². The molecule has 6 nitrogen and oxygen atoms in total. The molecule has 2 aromatic carbocycles. The van der Waals surface area contributed by atoms with Gasteiger partial charge in [-0.2, -0.15) is 0 Å². The molecule has 0 aliphatic carbocycles. The first kappa shape index (κ1) is 21.3. The average molecular weight is 434 g/mol. The zero-order valence-electron chi connectivity index (χ0n) is 15.9. The van der Waals surface area contributed by atoms with E-state index in [4.69, 9.17) is 11.6 Å². The van der Waals surface area contributed by atoms with Crippen LogP contribution in [-0.2, 0) is 4.79 Å². The first-order chi connectivity index (χ1) is 13.5. The number of nitrogens with one attached hydrogen (secondary N) is 1. The molecule has 0 aromatic heterocycles. The van der Waals surface area contributed by atoms with Gasteiger partial charge in [0, 0.05) is 24.7 Å². The Morgan fingerprint density at radius 1 is 1.14 bits per heavy atom. The highest BCUT2D eigenvalue weighted by molar-refractivity contribution is 6.31. The summed E-state index contributed by atoms with van der Waals surface area (Å²) in [4.78, 5) is 41.1. The summed E-state index contributed by atoms with van der Waals surface area (Å²) in [5, 5.41) is 3.87. The number of piperazine rings is 1. The van der Waals surface area contributed by atoms with Crippen molar-refractivity contribution in [3.8, 4) is 0 Å². The van der Waals surface area contributed by atoms with E-state index in [0.29, 0.717) is 35.8 Å². The number of imide groups is 1. The predicted molar refractivity (Wildman–Crippen MR) is 113 cm³/mol. The van der Waals surface area contributed by atoms with Gasteiger partial charge in [0.15, 0.2) is 0 Å². The lowest BCUT2D eigenvalue weighted by Gasteiger charge is -2.37. The van der Waals surface area contributed by atoms with Gasteiger partial charge in [-0.15, -0.1) is 12.4 Å². The van der Waals surface area contributed by atoms with Crippen LogP contribution in [0.1, 0.15) is 37.9 Å². The first-order valence-electron chi connectivity index (χ1n) is 9.19. The number of hydrogen-bond acceptors (Lipinski definition) is 4. The number of carbonyl (C=O) groups is 3. The van der Waals surface area contributed by atoms with E-state index in [1.807, 2.05) is 25.1 Å². The van der Waals surface area contributed by atoms with Gasteiger partial charge in [0.1, 0.15) is 6.54 Å². The average Bonchev–Trinajstić information content (AvgIpc) is 2.92. The minimum atomic E-state index is -0.419. The molecule has 1 N–H and O–H groups in total. The Balaban J connectivity index is 0.00000240. The second-order valence-corrected chi connectivity index (χ2v) is 7.48. The summed E-state index contributed by atoms with van der Waals surface area (Å²) in [6.45, 7) is 3.29. The van der Waals surface area contributed by atoms with Crippen LogP contribution in [0.25, 0.3) is 0 Å². The molecule has 29 heavy (non-hydrogen) atoms. The smallest absolute Gasteiger partial charge is 0.262 e. The van der Waals surface area contributed by atoms with Crippen LogP contribution >= 0.6 is 24.0 Å². The highest BCUT2D eigenvalue weighted by Crippen LogP contribution is 2.29. The molecular formula is C21H21Cl2N3O3. The monoisotopic (exact) mass is 433 g/mol. The van der Waals surface area contributed by atoms with Gasteiger partial charge in [-0.1, -0.05) is 41.4 Å². The first-order valence-corrected chi connectivity index (χ1v) is 9.56. The number of hydrogen-bond donors (Lipinski definition) is 1. The molecule has 3 amide bonds. The number of carbonyl (C=O) groups excluding carboxylic acids is 3. The number of halogens is 2. The maximum atomic E-state index is 13.1. The third-order valence-corrected chi connectivity index (χ3v) is 5.59. The standard InChI is InChI=1S/C21H20ClN3O3.ClH/c1-13-6-7-14-16(10-13)21(28)25(20(14)27)12-19(26)24-9-8-23-11-18(24)15-4-2-3-5-17(15)22;/h2-7,10,18,23H,8-9,11-12H2,1H3;1H. The Morgan fingerprint density at radius 2 is 1.86 bits per heavy atom. The molecule has 1 atom stereocenters. The summed E-state index contributed by atoms with van der Waals surface area (Å²) in [5.74, 6) is -1.10. The quantitative estimate of drug-likeness (QED) is 0.755. The van der Waals surface area contributed by atoms with Crippen LogP contribution in [0.2, 0.25) is 5.02 Å². The lowest BCUT2D eigenvalue weighted by atomic mass is 10.0. The normalized spacial score (nSPS) is 18.5. The Kier molecular flexibility index (Phi) is 6.27. The number of nitrogens with zero attached hydrogens (tertiary/aromatic N) is 2. The topological polar surface area (TPSA) is 69.7 Å². The van der Waals surface area contributed by atoms with Crippen molar-refractivity contribution in [1.82, 2.24) is 15.1 Å². The largest absolute Gasteiger partial charge is 0.331 e. The van der Waals surface area contributed by atoms with Crippen molar-refractivity contribution < 1.29 is 14.4 Å². The third-order valence-electron chi connectivity index (χ3n) is 5.25. The van der Waals surface area contributed by atoms with Crippen LogP contribution in [-0.4, -0.2) is 53.7 Å². The van der Waals surface area contributed by atoms with Crippen molar-refractivity contribution in [2.45, 2.75) is 13.0 Å². The molecule has 2 aromatic rings. The van der Waals surface area contributed by atoms with Crippen molar-refractivity contribution in [3.05, 3.63) is 69.7 Å². The van der Waals surface area contributed by atoms with E-state index in [-0.39, 0.29) is 30.9 Å². The molecule has 1 saturated heterocycles. The summed E-state index contributed by atoms with van der Waals surface area (Å²) < 4.78 is 0. The van der Waals surface area contributed by atoms with Gasteiger partial charge in [0.25, 0.3) is 11.8 Å². The van der Waals surface area contributed by atoms with E-state index in [9.17, 15) is 14.4 Å². The molecule has 1 fully saturated rings. The van der Waals surface area contributed by atoms with E-state index < -0.39 is 11.8 Å². The van der Waals surface area contributed by atoms with Gasteiger partial charge in [0.05, 0.1) is 17.2 Å². The SMILES string of the molecule is Cc1ccc2c(c1)C(=O)N(CC(=O)N1CCNCC1c1ccccc1Cl)C2=O.Cl. The molecular weight excluding hydrogens is 413 g/mol. The molecule has 0 spiro atoms. The maximum Gasteiger partial charge on any atom is 0.262 e. The number of rotatable bonds is 3. The molecule has 4 rings (SSSR count). The highest BCUT2D eigenvalue weighted by Gasteiger charge is 2.39. The second kappa shape index (κ2) is 8.53. The fourth-order valence-corrected chi connectivity index (χ4v) is 4.06. The van der Waals surface area contributed by atoms with E-state index >= 15 is 0 Å². The van der Waals surface area contributed by atoms with Gasteiger partial charge in [-0.05, 0) is 30.7 Å². The Bertz CT molecular complexity index is 979. The minimum absolute atomic E-state index is 0. The summed E-state index contributed by atoms with van der Waals surface area (Å²) in [7, 11) is 0. The van der Waals surface area contributed by atoms with Crippen LogP contribution in [0.15, 0.2) is 42.5 Å². The molecule has 2 heterocycles. The van der Waals surface area contributed by atoms with Crippen molar-refractivity contribution in [2.75, 3.05) is 26.2 Å². The van der Waals surface area contributed by atoms with Crippen LogP contribution in [0.3, 0.4) is 0 Å². The number of fused-ring (bicyclic) bond motifs is 1. The van der Waals surface area contributed by atoms with Crippen LogP contribution in [0.4, 0.5) is 0 Å². The van der Waals surface area contributed by atoms with Crippen molar-refractivity contribution >= 4 is 41.7 Å². The minimum Gasteiger partial charge on any atom is -0.331 e. The molecule has 0 radical (unpaired) electrons. The van der Waals surface area contributed by atoms with Gasteiger partial charge >= 0.3 is 0 Å². The lowest BCUT2D eigenvalue weighted by Crippen LogP contribution is -2.52. The van der Waals surface area contributed by atoms with E-state index in [1.165, 1.54) is 0 Å². The van der Waals surface area contributed by atoms with Gasteiger partial charge < -0.3 is 10.2 Å². The van der Waals surface area contributed by atoms with E-state index in [2.05, 4.69) is 5.32 Å². The summed E-state index contributed by atoms with van der Waals surface area (Å²) >= 11 is 6.34. The molecule has 2 aliphatic heterocycles. The fraction of sp³-hybridized carbons (Fsp3) is 0.286. The molecule has 0 saturated carbocycles. The predicted octanol–water partition coefficient (Wildman–Crippen LogP) is 2.84. The van der Waals surface area contributed by atoms with E-state index in [0.717, 1.165) is 16.0 Å². The Labute approximate surface area is 180 Å². The van der Waals surface area contributed by atoms with Crippen molar-refractivity contribution in [3.63, 3.8) is 0 Å². The van der Waals surface area contributed by atoms with Gasteiger partial charge in [-0.3, -0.25) is 19.3 Å². The number of amides is 3. The number of benzene rings is 2. The number of aryl methyl sites for hydroxylation is 1. The molecule has 152 valence electrons. The Morgan fingerprint density at radius 3 is 2.62 bits per heavy atom. The summed E-state index contributed by atoms with van der Waals surface area (Å²) in [5.41, 5.74) is 2.46. The van der Waals surface area contributed by atoms with Crippen LogP contribution in [0, 0.1) is 6.92 Å². The van der Waals surface area contributed by atoms with Crippen LogP contribution < -0.4 is 5.32 Å². The maximum absolute atomic E-state index is 13.1. The zero-order chi connectivity index (χ0) is 19.8. The van der Waals surface area contributed by atoms with Crippen molar-refractivity contribution in [1.29, 1.82) is 0 Å². The molecule has 1 unspecified atom stereocenters. The molecule has 2 aliphatic rings. The fourth-order valence-electron chi connectivity index (χ4n) is 3.80. The molecule has 8 heteroatoms. The van der Waals surface area contributed by atoms with Crippen molar-refractivity contribution in [2.24, 2.45) is 0 Å². The van der Waals surface area contributed by atoms with E-state index in [1.54, 1.807) is 29.2 Å². The second-order valence-electron chi connectivity index (χ2n) is 7.07.